The van der Waals surface area contributed by atoms with E-state index in [4.69, 9.17) is 9.88 Å². The Balaban J connectivity index is 2.48. The van der Waals surface area contributed by atoms with E-state index in [-0.39, 0.29) is 20.7 Å². The summed E-state index contributed by atoms with van der Waals surface area (Å²) in [6.07, 6.45) is 1.11. The number of sulfonamides is 1. The van der Waals surface area contributed by atoms with E-state index in [2.05, 4.69) is 5.32 Å². The summed E-state index contributed by atoms with van der Waals surface area (Å²) < 4.78 is 53.4. The summed E-state index contributed by atoms with van der Waals surface area (Å²) in [7, 11) is -6.16. The lowest BCUT2D eigenvalue weighted by Crippen LogP contribution is -2.36. The molecule has 136 valence electrons. The van der Waals surface area contributed by atoms with E-state index in [0.717, 1.165) is 0 Å². The van der Waals surface area contributed by atoms with Gasteiger partial charge in [0.15, 0.2) is 9.84 Å². The first-order valence-corrected chi connectivity index (χ1v) is 11.1. The molecule has 1 aromatic rings. The molecule has 0 spiro atoms. The van der Waals surface area contributed by atoms with E-state index in [0.29, 0.717) is 36.3 Å². The second-order valence-corrected chi connectivity index (χ2v) is 10.9. The average molecular weight is 397 g/mol. The van der Waals surface area contributed by atoms with Gasteiger partial charge in [-0.1, -0.05) is 0 Å². The van der Waals surface area contributed by atoms with E-state index in [9.17, 15) is 21.6 Å². The molecule has 1 aliphatic heterocycles. The first kappa shape index (κ1) is 19.3. The third-order valence-corrected chi connectivity index (χ3v) is 9.18. The van der Waals surface area contributed by atoms with Crippen LogP contribution in [0.3, 0.4) is 0 Å². The Hall–Kier alpha value is -1.01. The van der Waals surface area contributed by atoms with Crippen LogP contribution in [0.1, 0.15) is 37.8 Å². The zero-order chi connectivity index (χ0) is 18.1. The Morgan fingerprint density at radius 3 is 2.71 bits per heavy atom. The van der Waals surface area contributed by atoms with Gasteiger partial charge in [0, 0.05) is 26.2 Å². The third-order valence-electron chi connectivity index (χ3n) is 3.81. The van der Waals surface area contributed by atoms with E-state index < -0.39 is 31.2 Å². The van der Waals surface area contributed by atoms with Crippen molar-refractivity contribution >= 4 is 37.1 Å². The fraction of sp³-hybridized carbons (Fsp3) is 0.615. The van der Waals surface area contributed by atoms with E-state index in [1.54, 1.807) is 0 Å². The molecule has 2 heterocycles. The molecule has 0 bridgehead atoms. The van der Waals surface area contributed by atoms with Gasteiger partial charge >= 0.3 is 0 Å². The van der Waals surface area contributed by atoms with Crippen molar-refractivity contribution in [3.63, 3.8) is 0 Å². The number of hydrogen-bond acceptors (Lipinski definition) is 7. The Bertz CT molecular complexity index is 828. The molecule has 24 heavy (non-hydrogen) atoms. The number of rotatable bonds is 6. The molecule has 3 N–H and O–H groups in total. The van der Waals surface area contributed by atoms with Crippen LogP contribution < -0.4 is 10.5 Å². The molecule has 0 saturated heterocycles. The van der Waals surface area contributed by atoms with Crippen molar-refractivity contribution in [2.45, 2.75) is 45.9 Å². The molecule has 11 heteroatoms. The fourth-order valence-electron chi connectivity index (χ4n) is 2.75. The number of hydrogen-bond donors (Lipinski definition) is 2. The van der Waals surface area contributed by atoms with Crippen LogP contribution in [0.25, 0.3) is 0 Å². The van der Waals surface area contributed by atoms with Crippen LogP contribution in [0, 0.1) is 0 Å². The number of fused-ring (bicyclic) bond motifs is 1. The van der Waals surface area contributed by atoms with Gasteiger partial charge in [-0.05, 0) is 25.3 Å². The summed E-state index contributed by atoms with van der Waals surface area (Å²) in [6, 6.07) is 0.694. The maximum absolute atomic E-state index is 12.8. The van der Waals surface area contributed by atoms with Crippen LogP contribution in [0.15, 0.2) is 14.5 Å². The van der Waals surface area contributed by atoms with E-state index in [1.807, 2.05) is 0 Å². The van der Waals surface area contributed by atoms with Crippen molar-refractivity contribution in [3.05, 3.63) is 11.6 Å². The standard InChI is InChI=1S/C13H20N2O6S3/c1-8(16)15-11-6-9(4-3-5-21-2)23(17,18)13-10(11)7-12(22-13)24(14,19)20/h7,9,11H,3-6H2,1-2H3,(H,15,16)(H2,14,19,20). The predicted octanol–water partition coefficient (Wildman–Crippen LogP) is 0.545. The molecule has 0 aromatic carbocycles. The van der Waals surface area contributed by atoms with Crippen LogP contribution in [-0.4, -0.2) is 41.7 Å². The minimum absolute atomic E-state index is 0.0288. The molecule has 1 amide bonds. The van der Waals surface area contributed by atoms with Gasteiger partial charge in [0.05, 0.1) is 11.3 Å². The first-order valence-electron chi connectivity index (χ1n) is 7.24. The maximum atomic E-state index is 12.8. The summed E-state index contributed by atoms with van der Waals surface area (Å²) in [4.78, 5) is 11.4. The average Bonchev–Trinajstić information content (AvgIpc) is 2.90. The smallest absolute Gasteiger partial charge is 0.247 e. The van der Waals surface area contributed by atoms with Gasteiger partial charge in [0.25, 0.3) is 0 Å². The van der Waals surface area contributed by atoms with Crippen LogP contribution in [0.2, 0.25) is 0 Å². The molecule has 0 saturated carbocycles. The Morgan fingerprint density at radius 1 is 1.50 bits per heavy atom. The zero-order valence-corrected chi connectivity index (χ0v) is 15.8. The Labute approximate surface area is 145 Å². The lowest BCUT2D eigenvalue weighted by Gasteiger charge is -2.29. The minimum Gasteiger partial charge on any atom is -0.385 e. The number of amides is 1. The van der Waals surface area contributed by atoms with Crippen molar-refractivity contribution in [1.82, 2.24) is 5.32 Å². The van der Waals surface area contributed by atoms with E-state index in [1.165, 1.54) is 20.1 Å². The number of primary sulfonamides is 1. The highest BCUT2D eigenvalue weighted by molar-refractivity contribution is 7.95. The van der Waals surface area contributed by atoms with Gasteiger partial charge in [-0.15, -0.1) is 11.3 Å². The number of thiophene rings is 1. The second kappa shape index (κ2) is 7.08. The normalized spacial score (nSPS) is 22.8. The molecular formula is C13H20N2O6S3. The van der Waals surface area contributed by atoms with E-state index >= 15 is 0 Å². The first-order chi connectivity index (χ1) is 11.1. The molecule has 2 atom stereocenters. The van der Waals surface area contributed by atoms with Crippen molar-refractivity contribution in [2.75, 3.05) is 13.7 Å². The summed E-state index contributed by atoms with van der Waals surface area (Å²) in [5.74, 6) is -0.316. The minimum atomic E-state index is -4.02. The van der Waals surface area contributed by atoms with Crippen LogP contribution in [-0.2, 0) is 29.4 Å². The highest BCUT2D eigenvalue weighted by Gasteiger charge is 2.41. The van der Waals surface area contributed by atoms with Gasteiger partial charge < -0.3 is 10.1 Å². The van der Waals surface area contributed by atoms with Crippen molar-refractivity contribution in [2.24, 2.45) is 5.14 Å². The number of nitrogens with one attached hydrogen (secondary N) is 1. The lowest BCUT2D eigenvalue weighted by molar-refractivity contribution is -0.119. The van der Waals surface area contributed by atoms with Gasteiger partial charge in [0.2, 0.25) is 15.9 Å². The largest absolute Gasteiger partial charge is 0.385 e. The zero-order valence-electron chi connectivity index (χ0n) is 13.3. The predicted molar refractivity (Wildman–Crippen MR) is 89.0 cm³/mol. The highest BCUT2D eigenvalue weighted by atomic mass is 32.3. The molecule has 0 radical (unpaired) electrons. The topological polar surface area (TPSA) is 133 Å². The maximum Gasteiger partial charge on any atom is 0.247 e. The third kappa shape index (κ3) is 3.97. The van der Waals surface area contributed by atoms with Gasteiger partial charge in [-0.25, -0.2) is 22.0 Å². The van der Waals surface area contributed by atoms with Crippen LogP contribution in [0.5, 0.6) is 0 Å². The molecular weight excluding hydrogens is 376 g/mol. The second-order valence-electron chi connectivity index (χ2n) is 5.64. The SMILES string of the molecule is COCCCC1CC(NC(C)=O)c2cc(S(N)(=O)=O)sc2S1(=O)=O. The molecule has 1 aromatic heterocycles. The van der Waals surface area contributed by atoms with Crippen molar-refractivity contribution < 1.29 is 26.4 Å². The fourth-order valence-corrected chi connectivity index (χ4v) is 7.50. The number of sulfone groups is 1. The highest BCUT2D eigenvalue weighted by Crippen LogP contribution is 2.43. The summed E-state index contributed by atoms with van der Waals surface area (Å²) in [6.45, 7) is 1.76. The Kier molecular flexibility index (Phi) is 5.70. The number of carbonyl (C=O) groups excluding carboxylic acids is 1. The van der Waals surface area contributed by atoms with Gasteiger partial charge in [-0.2, -0.15) is 0 Å². The number of nitrogens with two attached hydrogens (primary N) is 1. The molecule has 2 unspecified atom stereocenters. The number of methoxy groups -OCH3 is 1. The van der Waals surface area contributed by atoms with Gasteiger partial charge in [0.1, 0.15) is 8.42 Å². The summed E-state index contributed by atoms with van der Waals surface area (Å²) in [5, 5.41) is 7.11. The number of carbonyl (C=O) groups is 1. The molecule has 0 aliphatic carbocycles. The molecule has 0 fully saturated rings. The van der Waals surface area contributed by atoms with Crippen LogP contribution >= 0.6 is 11.3 Å². The quantitative estimate of drug-likeness (QED) is 0.675. The monoisotopic (exact) mass is 396 g/mol. The van der Waals surface area contributed by atoms with Crippen molar-refractivity contribution in [3.8, 4) is 0 Å². The molecule has 1 aliphatic rings. The summed E-state index contributed by atoms with van der Waals surface area (Å²) in [5.41, 5.74) is 0.294. The summed E-state index contributed by atoms with van der Waals surface area (Å²) >= 11 is 0.640. The molecule has 2 rings (SSSR count). The van der Waals surface area contributed by atoms with Gasteiger partial charge in [-0.3, -0.25) is 4.79 Å². The Morgan fingerprint density at radius 2 is 2.17 bits per heavy atom. The number of ether oxygens (including phenoxy) is 1. The lowest BCUT2D eigenvalue weighted by atomic mass is 10.0. The van der Waals surface area contributed by atoms with Crippen molar-refractivity contribution in [1.29, 1.82) is 0 Å². The molecule has 8 nitrogen and oxygen atoms in total. The van der Waals surface area contributed by atoms with Crippen LogP contribution in [0.4, 0.5) is 0 Å².